The molecule has 3 nitrogen and oxygen atoms in total. The molecule has 0 spiro atoms. The lowest BCUT2D eigenvalue weighted by Crippen LogP contribution is -2.39. The first-order chi connectivity index (χ1) is 7.89. The largest absolute Gasteiger partial charge is 0.392 e. The Morgan fingerprint density at radius 2 is 2.00 bits per heavy atom. The zero-order chi connectivity index (χ0) is 13.1. The molecular weight excluding hydrogens is 238 g/mol. The van der Waals surface area contributed by atoms with E-state index in [1.807, 2.05) is 24.0 Å². The van der Waals surface area contributed by atoms with E-state index in [4.69, 9.17) is 11.6 Å². The third-order valence-electron chi connectivity index (χ3n) is 2.52. The third kappa shape index (κ3) is 3.87. The second-order valence-electron chi connectivity index (χ2n) is 4.73. The number of rotatable bonds is 5. The zero-order valence-electron chi connectivity index (χ0n) is 10.6. The maximum atomic E-state index is 9.89. The molecule has 0 saturated carbocycles. The van der Waals surface area contributed by atoms with Crippen molar-refractivity contribution in [3.8, 4) is 0 Å². The number of aliphatic hydroxyl groups excluding tert-OH is 1. The number of hydrogen-bond donors (Lipinski definition) is 2. The summed E-state index contributed by atoms with van der Waals surface area (Å²) < 4.78 is 0. The van der Waals surface area contributed by atoms with Gasteiger partial charge in [-0.05, 0) is 26.8 Å². The fraction of sp³-hybridized carbons (Fsp3) is 0.538. The fourth-order valence-electron chi connectivity index (χ4n) is 1.86. The van der Waals surface area contributed by atoms with Gasteiger partial charge in [-0.2, -0.15) is 0 Å². The summed E-state index contributed by atoms with van der Waals surface area (Å²) in [5.74, 6) is 0. The number of para-hydroxylation sites is 1. The highest BCUT2D eigenvalue weighted by Gasteiger charge is 2.21. The van der Waals surface area contributed by atoms with Crippen LogP contribution in [0.15, 0.2) is 18.2 Å². The van der Waals surface area contributed by atoms with Crippen LogP contribution in [-0.2, 0) is 6.61 Å². The Morgan fingerprint density at radius 1 is 1.35 bits per heavy atom. The van der Waals surface area contributed by atoms with Crippen molar-refractivity contribution in [3.05, 3.63) is 28.8 Å². The molecular formula is C13H20ClNO2. The predicted molar refractivity (Wildman–Crippen MR) is 71.6 cm³/mol. The van der Waals surface area contributed by atoms with Gasteiger partial charge in [0.25, 0.3) is 0 Å². The standard InChI is InChI=1S/C13H20ClNO2/c1-4-15(9-13(2,3)17)12-10(8-16)6-5-7-11(12)14/h5-7,16-17H,4,8-9H2,1-3H3. The van der Waals surface area contributed by atoms with Crippen molar-refractivity contribution in [1.29, 1.82) is 0 Å². The first kappa shape index (κ1) is 14.3. The van der Waals surface area contributed by atoms with E-state index in [0.717, 1.165) is 17.8 Å². The molecule has 2 N–H and O–H groups in total. The Labute approximate surface area is 108 Å². The van der Waals surface area contributed by atoms with Crippen molar-refractivity contribution in [3.63, 3.8) is 0 Å². The molecule has 1 aromatic rings. The minimum Gasteiger partial charge on any atom is -0.392 e. The van der Waals surface area contributed by atoms with Gasteiger partial charge in [-0.25, -0.2) is 0 Å². The van der Waals surface area contributed by atoms with Crippen molar-refractivity contribution >= 4 is 17.3 Å². The van der Waals surface area contributed by atoms with Crippen LogP contribution in [0.1, 0.15) is 26.3 Å². The van der Waals surface area contributed by atoms with Gasteiger partial charge >= 0.3 is 0 Å². The highest BCUT2D eigenvalue weighted by Crippen LogP contribution is 2.30. The number of anilines is 1. The second kappa shape index (κ2) is 5.71. The number of likely N-dealkylation sites (N-methyl/N-ethyl adjacent to an activating group) is 1. The van der Waals surface area contributed by atoms with E-state index in [0.29, 0.717) is 11.6 Å². The summed E-state index contributed by atoms with van der Waals surface area (Å²) in [5.41, 5.74) is 0.784. The van der Waals surface area contributed by atoms with Crippen LogP contribution in [0.25, 0.3) is 0 Å². The van der Waals surface area contributed by atoms with Gasteiger partial charge < -0.3 is 15.1 Å². The zero-order valence-corrected chi connectivity index (χ0v) is 11.3. The van der Waals surface area contributed by atoms with Crippen molar-refractivity contribution in [2.75, 3.05) is 18.0 Å². The van der Waals surface area contributed by atoms with Crippen LogP contribution in [-0.4, -0.2) is 28.9 Å². The molecule has 1 rings (SSSR count). The molecule has 0 amide bonds. The van der Waals surface area contributed by atoms with Gasteiger partial charge in [0, 0.05) is 18.7 Å². The smallest absolute Gasteiger partial charge is 0.0765 e. The molecule has 0 aliphatic heterocycles. The number of aliphatic hydroxyl groups is 2. The van der Waals surface area contributed by atoms with Crippen molar-refractivity contribution < 1.29 is 10.2 Å². The number of nitrogens with zero attached hydrogens (tertiary/aromatic N) is 1. The quantitative estimate of drug-likeness (QED) is 0.852. The summed E-state index contributed by atoms with van der Waals surface area (Å²) in [4.78, 5) is 1.98. The SMILES string of the molecule is CCN(CC(C)(C)O)c1c(Cl)cccc1CO. The molecule has 0 bridgehead atoms. The van der Waals surface area contributed by atoms with E-state index < -0.39 is 5.60 Å². The Bertz CT molecular complexity index is 374. The summed E-state index contributed by atoms with van der Waals surface area (Å²) in [6.45, 7) is 6.64. The Kier molecular flexibility index (Phi) is 4.80. The van der Waals surface area contributed by atoms with Crippen molar-refractivity contribution in [2.45, 2.75) is 33.0 Å². The molecule has 1 aromatic carbocycles. The minimum atomic E-state index is -0.804. The summed E-state index contributed by atoms with van der Waals surface area (Å²) in [7, 11) is 0. The average Bonchev–Trinajstić information content (AvgIpc) is 2.24. The molecule has 96 valence electrons. The highest BCUT2D eigenvalue weighted by atomic mass is 35.5. The third-order valence-corrected chi connectivity index (χ3v) is 2.82. The van der Waals surface area contributed by atoms with Crippen LogP contribution in [0.3, 0.4) is 0 Å². The fourth-order valence-corrected chi connectivity index (χ4v) is 2.17. The van der Waals surface area contributed by atoms with Crippen LogP contribution in [0.4, 0.5) is 5.69 Å². The molecule has 0 unspecified atom stereocenters. The van der Waals surface area contributed by atoms with Crippen LogP contribution < -0.4 is 4.90 Å². The predicted octanol–water partition coefficient (Wildman–Crippen LogP) is 2.43. The van der Waals surface area contributed by atoms with Crippen molar-refractivity contribution in [2.24, 2.45) is 0 Å². The lowest BCUT2D eigenvalue weighted by atomic mass is 10.1. The number of halogens is 1. The molecule has 0 aliphatic carbocycles. The first-order valence-corrected chi connectivity index (χ1v) is 6.12. The molecule has 17 heavy (non-hydrogen) atoms. The van der Waals surface area contributed by atoms with Gasteiger partial charge in [-0.15, -0.1) is 0 Å². The lowest BCUT2D eigenvalue weighted by Gasteiger charge is -2.31. The summed E-state index contributed by atoms with van der Waals surface area (Å²) in [6.07, 6.45) is 0. The minimum absolute atomic E-state index is 0.0573. The highest BCUT2D eigenvalue weighted by molar-refractivity contribution is 6.33. The normalized spacial score (nSPS) is 11.6. The van der Waals surface area contributed by atoms with E-state index in [1.54, 1.807) is 19.9 Å². The van der Waals surface area contributed by atoms with Gasteiger partial charge in [0.1, 0.15) is 0 Å². The van der Waals surface area contributed by atoms with Gasteiger partial charge in [0.2, 0.25) is 0 Å². The van der Waals surface area contributed by atoms with Crippen LogP contribution >= 0.6 is 11.6 Å². The summed E-state index contributed by atoms with van der Waals surface area (Å²) >= 11 is 6.18. The maximum absolute atomic E-state index is 9.89. The molecule has 4 heteroatoms. The van der Waals surface area contributed by atoms with E-state index in [9.17, 15) is 10.2 Å². The average molecular weight is 258 g/mol. The molecule has 0 aliphatic rings. The lowest BCUT2D eigenvalue weighted by molar-refractivity contribution is 0.0875. The Morgan fingerprint density at radius 3 is 2.47 bits per heavy atom. The molecule has 0 atom stereocenters. The number of benzene rings is 1. The topological polar surface area (TPSA) is 43.7 Å². The molecule has 0 radical (unpaired) electrons. The molecule has 0 heterocycles. The van der Waals surface area contributed by atoms with Gasteiger partial charge in [0.05, 0.1) is 22.9 Å². The molecule has 0 aromatic heterocycles. The van der Waals surface area contributed by atoms with Crippen molar-refractivity contribution in [1.82, 2.24) is 0 Å². The molecule has 0 saturated heterocycles. The van der Waals surface area contributed by atoms with E-state index in [-0.39, 0.29) is 6.61 Å². The summed E-state index contributed by atoms with van der Waals surface area (Å²) in [6, 6.07) is 5.45. The van der Waals surface area contributed by atoms with E-state index in [2.05, 4.69) is 0 Å². The Hall–Kier alpha value is -0.770. The van der Waals surface area contributed by atoms with Crippen LogP contribution in [0, 0.1) is 0 Å². The maximum Gasteiger partial charge on any atom is 0.0765 e. The van der Waals surface area contributed by atoms with E-state index >= 15 is 0 Å². The van der Waals surface area contributed by atoms with Gasteiger partial charge in [-0.1, -0.05) is 23.7 Å². The van der Waals surface area contributed by atoms with Crippen LogP contribution in [0.2, 0.25) is 5.02 Å². The first-order valence-electron chi connectivity index (χ1n) is 5.74. The second-order valence-corrected chi connectivity index (χ2v) is 5.14. The van der Waals surface area contributed by atoms with Crippen LogP contribution in [0.5, 0.6) is 0 Å². The monoisotopic (exact) mass is 257 g/mol. The summed E-state index contributed by atoms with van der Waals surface area (Å²) in [5, 5.41) is 19.8. The van der Waals surface area contributed by atoms with Gasteiger partial charge in [0.15, 0.2) is 0 Å². The number of hydrogen-bond acceptors (Lipinski definition) is 3. The van der Waals surface area contributed by atoms with Gasteiger partial charge in [-0.3, -0.25) is 0 Å². The van der Waals surface area contributed by atoms with E-state index in [1.165, 1.54) is 0 Å². The Balaban J connectivity index is 3.11. The molecule has 0 fully saturated rings.